The van der Waals surface area contributed by atoms with Crippen LogP contribution in [-0.4, -0.2) is 57.1 Å². The standard InChI is InChI=1S/C19H25BrN2O6/c1-5-28-19(24)16-15(20)14(12(22-16)10-21-8-9-23)11-6-7-13(25-2)18(27-4)17(11)26-3/h6-7,21-23H,5,8-10H2,1-4H3. The lowest BCUT2D eigenvalue weighted by Crippen LogP contribution is -2.18. The molecule has 8 nitrogen and oxygen atoms in total. The third kappa shape index (κ3) is 4.43. The third-order valence-corrected chi connectivity index (χ3v) is 4.85. The highest BCUT2D eigenvalue weighted by molar-refractivity contribution is 9.10. The molecule has 0 bridgehead atoms. The first-order chi connectivity index (χ1) is 13.5. The molecule has 0 radical (unpaired) electrons. The van der Waals surface area contributed by atoms with Gasteiger partial charge < -0.3 is 34.4 Å². The highest BCUT2D eigenvalue weighted by atomic mass is 79.9. The monoisotopic (exact) mass is 456 g/mol. The van der Waals surface area contributed by atoms with Crippen LogP contribution in [0.1, 0.15) is 23.1 Å². The number of ether oxygens (including phenoxy) is 4. The number of hydrogen-bond acceptors (Lipinski definition) is 7. The highest BCUT2D eigenvalue weighted by Gasteiger charge is 2.26. The molecule has 9 heteroatoms. The summed E-state index contributed by atoms with van der Waals surface area (Å²) in [6.07, 6.45) is 0. The van der Waals surface area contributed by atoms with E-state index < -0.39 is 5.97 Å². The Balaban J connectivity index is 2.67. The average molecular weight is 457 g/mol. The van der Waals surface area contributed by atoms with E-state index in [1.807, 2.05) is 6.07 Å². The summed E-state index contributed by atoms with van der Waals surface area (Å²) < 4.78 is 22.1. The number of nitrogens with one attached hydrogen (secondary N) is 2. The third-order valence-electron chi connectivity index (χ3n) is 4.06. The number of halogens is 1. The van der Waals surface area contributed by atoms with Crippen LogP contribution in [0.2, 0.25) is 0 Å². The van der Waals surface area contributed by atoms with E-state index in [0.29, 0.717) is 46.1 Å². The van der Waals surface area contributed by atoms with E-state index in [4.69, 9.17) is 24.1 Å². The summed E-state index contributed by atoms with van der Waals surface area (Å²) in [6.45, 7) is 2.81. The molecule has 0 aliphatic carbocycles. The Hall–Kier alpha value is -2.23. The smallest absolute Gasteiger partial charge is 0.355 e. The van der Waals surface area contributed by atoms with Gasteiger partial charge >= 0.3 is 5.97 Å². The van der Waals surface area contributed by atoms with Gasteiger partial charge in [0, 0.05) is 29.9 Å². The van der Waals surface area contributed by atoms with Crippen molar-refractivity contribution in [2.75, 3.05) is 41.1 Å². The molecule has 0 saturated carbocycles. The molecular formula is C19H25BrN2O6. The van der Waals surface area contributed by atoms with Crippen molar-refractivity contribution >= 4 is 21.9 Å². The van der Waals surface area contributed by atoms with Crippen molar-refractivity contribution in [1.82, 2.24) is 10.3 Å². The minimum atomic E-state index is -0.469. The molecule has 0 spiro atoms. The van der Waals surface area contributed by atoms with E-state index >= 15 is 0 Å². The van der Waals surface area contributed by atoms with E-state index in [-0.39, 0.29) is 13.2 Å². The number of rotatable bonds is 10. The van der Waals surface area contributed by atoms with Gasteiger partial charge in [-0.05, 0) is 35.0 Å². The molecule has 2 aromatic rings. The number of aromatic amines is 1. The van der Waals surface area contributed by atoms with Crippen LogP contribution >= 0.6 is 15.9 Å². The second-order valence-electron chi connectivity index (χ2n) is 5.67. The first kappa shape index (κ1) is 22.1. The Morgan fingerprint density at radius 1 is 1.18 bits per heavy atom. The Bertz CT molecular complexity index is 821. The Morgan fingerprint density at radius 3 is 2.46 bits per heavy atom. The lowest BCUT2D eigenvalue weighted by molar-refractivity contribution is 0.0519. The summed E-state index contributed by atoms with van der Waals surface area (Å²) in [7, 11) is 4.62. The quantitative estimate of drug-likeness (QED) is 0.373. The first-order valence-corrected chi connectivity index (χ1v) is 9.51. The summed E-state index contributed by atoms with van der Waals surface area (Å²) in [5.74, 6) is 0.978. The summed E-state index contributed by atoms with van der Waals surface area (Å²) in [4.78, 5) is 15.5. The number of methoxy groups -OCH3 is 3. The molecule has 1 aromatic carbocycles. The number of aliphatic hydroxyl groups excluding tert-OH is 1. The van der Waals surface area contributed by atoms with Crippen molar-refractivity contribution in [2.45, 2.75) is 13.5 Å². The van der Waals surface area contributed by atoms with E-state index in [9.17, 15) is 4.79 Å². The molecule has 0 saturated heterocycles. The molecule has 1 aromatic heterocycles. The molecule has 1 heterocycles. The summed E-state index contributed by atoms with van der Waals surface area (Å²) in [5.41, 5.74) is 2.47. The van der Waals surface area contributed by atoms with Crippen LogP contribution in [0, 0.1) is 0 Å². The van der Waals surface area contributed by atoms with Crippen molar-refractivity contribution in [3.8, 4) is 28.4 Å². The molecule has 2 rings (SSSR count). The number of aromatic nitrogens is 1. The van der Waals surface area contributed by atoms with E-state index in [1.165, 1.54) is 14.2 Å². The number of carbonyl (C=O) groups is 1. The summed E-state index contributed by atoms with van der Waals surface area (Å²) >= 11 is 3.53. The Labute approximate surface area is 172 Å². The predicted octanol–water partition coefficient (Wildman–Crippen LogP) is 2.73. The van der Waals surface area contributed by atoms with Gasteiger partial charge in [-0.25, -0.2) is 4.79 Å². The van der Waals surface area contributed by atoms with Gasteiger partial charge in [0.15, 0.2) is 11.5 Å². The van der Waals surface area contributed by atoms with Gasteiger partial charge in [-0.3, -0.25) is 0 Å². The zero-order chi connectivity index (χ0) is 20.7. The van der Waals surface area contributed by atoms with Crippen molar-refractivity contribution in [1.29, 1.82) is 0 Å². The lowest BCUT2D eigenvalue weighted by atomic mass is 10.0. The van der Waals surface area contributed by atoms with Gasteiger partial charge in [0.05, 0.1) is 39.0 Å². The van der Waals surface area contributed by atoms with Crippen molar-refractivity contribution in [3.63, 3.8) is 0 Å². The largest absolute Gasteiger partial charge is 0.493 e. The maximum atomic E-state index is 12.4. The van der Waals surface area contributed by atoms with Crippen LogP contribution in [0.4, 0.5) is 0 Å². The van der Waals surface area contributed by atoms with Gasteiger partial charge in [-0.2, -0.15) is 0 Å². The SMILES string of the molecule is CCOC(=O)c1[nH]c(CNCCO)c(-c2ccc(OC)c(OC)c2OC)c1Br. The number of H-pyrrole nitrogens is 1. The minimum absolute atomic E-state index is 0.00161. The summed E-state index contributed by atoms with van der Waals surface area (Å²) in [6, 6.07) is 3.60. The second-order valence-corrected chi connectivity index (χ2v) is 6.46. The van der Waals surface area contributed by atoms with Gasteiger partial charge in [-0.15, -0.1) is 0 Å². The van der Waals surface area contributed by atoms with Crippen LogP contribution in [0.15, 0.2) is 16.6 Å². The normalized spacial score (nSPS) is 10.6. The summed E-state index contributed by atoms with van der Waals surface area (Å²) in [5, 5.41) is 12.2. The molecule has 154 valence electrons. The molecule has 0 aliphatic heterocycles. The molecule has 0 atom stereocenters. The number of esters is 1. The van der Waals surface area contributed by atoms with Crippen LogP contribution in [-0.2, 0) is 11.3 Å². The molecule has 0 aliphatic rings. The van der Waals surface area contributed by atoms with Crippen LogP contribution in [0.5, 0.6) is 17.2 Å². The predicted molar refractivity (Wildman–Crippen MR) is 108 cm³/mol. The van der Waals surface area contributed by atoms with Crippen LogP contribution in [0.25, 0.3) is 11.1 Å². The topological polar surface area (TPSA) is 102 Å². The second kappa shape index (κ2) is 10.4. The minimum Gasteiger partial charge on any atom is -0.493 e. The molecule has 0 unspecified atom stereocenters. The van der Waals surface area contributed by atoms with Crippen molar-refractivity contribution in [3.05, 3.63) is 28.0 Å². The number of benzene rings is 1. The lowest BCUT2D eigenvalue weighted by Gasteiger charge is -2.16. The van der Waals surface area contributed by atoms with Crippen LogP contribution in [0.3, 0.4) is 0 Å². The number of carbonyl (C=O) groups excluding carboxylic acids is 1. The Morgan fingerprint density at radius 2 is 1.89 bits per heavy atom. The Kier molecular flexibility index (Phi) is 8.16. The molecule has 3 N–H and O–H groups in total. The fourth-order valence-corrected chi connectivity index (χ4v) is 3.59. The van der Waals surface area contributed by atoms with E-state index in [1.54, 1.807) is 20.1 Å². The molecule has 0 fully saturated rings. The zero-order valence-corrected chi connectivity index (χ0v) is 17.9. The highest BCUT2D eigenvalue weighted by Crippen LogP contribution is 2.47. The maximum Gasteiger partial charge on any atom is 0.355 e. The fourth-order valence-electron chi connectivity index (χ4n) is 2.87. The van der Waals surface area contributed by atoms with E-state index in [0.717, 1.165) is 11.3 Å². The van der Waals surface area contributed by atoms with E-state index in [2.05, 4.69) is 26.2 Å². The van der Waals surface area contributed by atoms with Gasteiger partial charge in [0.25, 0.3) is 0 Å². The number of hydrogen-bond donors (Lipinski definition) is 3. The molecule has 28 heavy (non-hydrogen) atoms. The first-order valence-electron chi connectivity index (χ1n) is 8.72. The zero-order valence-electron chi connectivity index (χ0n) is 16.3. The van der Waals surface area contributed by atoms with Gasteiger partial charge in [-0.1, -0.05) is 0 Å². The number of aliphatic hydroxyl groups is 1. The van der Waals surface area contributed by atoms with Gasteiger partial charge in [0.1, 0.15) is 5.69 Å². The van der Waals surface area contributed by atoms with Crippen molar-refractivity contribution in [2.24, 2.45) is 0 Å². The average Bonchev–Trinajstić information content (AvgIpc) is 3.03. The molecular weight excluding hydrogens is 432 g/mol. The van der Waals surface area contributed by atoms with Crippen molar-refractivity contribution < 1.29 is 28.8 Å². The fraction of sp³-hybridized carbons (Fsp3) is 0.421. The molecule has 0 amide bonds. The van der Waals surface area contributed by atoms with Crippen LogP contribution < -0.4 is 19.5 Å². The van der Waals surface area contributed by atoms with Gasteiger partial charge in [0.2, 0.25) is 5.75 Å². The maximum absolute atomic E-state index is 12.4.